The van der Waals surface area contributed by atoms with E-state index < -0.39 is 0 Å². The Morgan fingerprint density at radius 3 is 1.57 bits per heavy atom. The van der Waals surface area contributed by atoms with Crippen molar-refractivity contribution in [3.63, 3.8) is 0 Å². The van der Waals surface area contributed by atoms with Crippen LogP contribution in [-0.4, -0.2) is 23.3 Å². The van der Waals surface area contributed by atoms with Crippen LogP contribution in [0.25, 0.3) is 137 Å². The molecule has 5 heteroatoms. The number of rotatable bonds is 2. The predicted octanol–water partition coefficient (Wildman–Crippen LogP) is 16.4. The van der Waals surface area contributed by atoms with Crippen LogP contribution >= 0.6 is 0 Å². The minimum Gasteiger partial charge on any atom is -0.309 e. The standard InChI is InChI=1S/C62H45N5/c1-61(2,3)38-30-46-44-26-34-16-10-11-17-35(34)29-52(44)66-56(46)48(32-38)54-59(66)63-55-49-33-39(62(4,5)6)31-47-45-27-36-18-12-13-21-41(36)53(58(45)67(57(47)49)60(55)64-54)37-24-25-51-43(28-37)42-22-14-15-23-50(42)65(51)40-19-8-7-9-20-40/h7-33H,1-6H3. The summed E-state index contributed by atoms with van der Waals surface area (Å²) in [5.74, 6) is 0. The average molecular weight is 860 g/mol. The quantitative estimate of drug-likeness (QED) is 0.174. The second kappa shape index (κ2) is 12.4. The molecule has 67 heavy (non-hydrogen) atoms. The summed E-state index contributed by atoms with van der Waals surface area (Å²) in [6.45, 7) is 13.9. The number of fused-ring (bicyclic) bond motifs is 17. The Hall–Kier alpha value is -8.02. The van der Waals surface area contributed by atoms with Crippen molar-refractivity contribution in [1.82, 2.24) is 23.3 Å². The molecule has 9 aromatic carbocycles. The Bertz CT molecular complexity index is 4620. The molecule has 6 aromatic heterocycles. The first kappa shape index (κ1) is 37.2. The SMILES string of the molecule is CC(C)(C)c1cc2c3cc4ccccc4cc3n3c4nc5c6cc(C(C)(C)C)cc7c8cc9ccccc9c(-c9ccc%10c(c9)c9ccccc9n%10-c9ccccc9)c8n(c5nc4c(c1)c23)c76. The summed E-state index contributed by atoms with van der Waals surface area (Å²) in [7, 11) is 0. The molecule has 0 saturated carbocycles. The van der Waals surface area contributed by atoms with Gasteiger partial charge in [-0.05, 0) is 122 Å². The minimum absolute atomic E-state index is 0.0737. The zero-order valence-electron chi connectivity index (χ0n) is 38.3. The number of hydrogen-bond donors (Lipinski definition) is 0. The molecule has 5 nitrogen and oxygen atoms in total. The number of para-hydroxylation sites is 2. The predicted molar refractivity (Wildman–Crippen MR) is 284 cm³/mol. The van der Waals surface area contributed by atoms with Crippen LogP contribution in [-0.2, 0) is 10.8 Å². The van der Waals surface area contributed by atoms with Crippen molar-refractivity contribution in [2.75, 3.05) is 0 Å². The third-order valence-corrected chi connectivity index (χ3v) is 15.1. The lowest BCUT2D eigenvalue weighted by Crippen LogP contribution is -2.10. The highest BCUT2D eigenvalue weighted by Gasteiger charge is 2.30. The maximum Gasteiger partial charge on any atom is 0.165 e. The molecule has 0 aliphatic carbocycles. The Morgan fingerprint density at radius 1 is 0.358 bits per heavy atom. The van der Waals surface area contributed by atoms with Gasteiger partial charge in [0.15, 0.2) is 11.3 Å². The van der Waals surface area contributed by atoms with Crippen molar-refractivity contribution in [2.45, 2.75) is 52.4 Å². The molecule has 0 spiro atoms. The van der Waals surface area contributed by atoms with Crippen molar-refractivity contribution < 1.29 is 0 Å². The highest BCUT2D eigenvalue weighted by molar-refractivity contribution is 6.30. The number of benzene rings is 9. The summed E-state index contributed by atoms with van der Waals surface area (Å²) < 4.78 is 7.30. The molecule has 0 bridgehead atoms. The zero-order chi connectivity index (χ0) is 44.8. The van der Waals surface area contributed by atoms with Crippen LogP contribution in [0.1, 0.15) is 52.7 Å². The molecule has 15 rings (SSSR count). The molecule has 0 amide bonds. The molecule has 0 aliphatic heterocycles. The number of nitrogens with zero attached hydrogens (tertiary/aromatic N) is 5. The van der Waals surface area contributed by atoms with Gasteiger partial charge in [-0.15, -0.1) is 0 Å². The second-order valence-corrected chi connectivity index (χ2v) is 21.1. The first-order valence-electron chi connectivity index (χ1n) is 23.6. The topological polar surface area (TPSA) is 39.5 Å². The molecular weight excluding hydrogens is 815 g/mol. The van der Waals surface area contributed by atoms with Gasteiger partial charge >= 0.3 is 0 Å². The largest absolute Gasteiger partial charge is 0.309 e. The fourth-order valence-electron chi connectivity index (χ4n) is 11.8. The third-order valence-electron chi connectivity index (χ3n) is 15.1. The second-order valence-electron chi connectivity index (χ2n) is 21.1. The molecule has 6 heterocycles. The van der Waals surface area contributed by atoms with E-state index in [0.29, 0.717) is 0 Å². The van der Waals surface area contributed by atoms with E-state index in [1.54, 1.807) is 0 Å². The van der Waals surface area contributed by atoms with Crippen molar-refractivity contribution >= 4 is 120 Å². The lowest BCUT2D eigenvalue weighted by Gasteiger charge is -2.19. The normalized spacial score (nSPS) is 13.2. The summed E-state index contributed by atoms with van der Waals surface area (Å²) in [6.07, 6.45) is 0. The molecule has 0 fully saturated rings. The van der Waals surface area contributed by atoms with Gasteiger partial charge in [-0.1, -0.05) is 133 Å². The fourth-order valence-corrected chi connectivity index (χ4v) is 11.8. The summed E-state index contributed by atoms with van der Waals surface area (Å²) in [6, 6.07) is 61.1. The first-order valence-corrected chi connectivity index (χ1v) is 23.6. The maximum atomic E-state index is 5.91. The fraction of sp³-hybridized carbons (Fsp3) is 0.129. The Kier molecular flexibility index (Phi) is 6.92. The molecule has 0 saturated heterocycles. The van der Waals surface area contributed by atoms with Gasteiger partial charge in [0.05, 0.1) is 33.1 Å². The third kappa shape index (κ3) is 4.83. The van der Waals surface area contributed by atoms with Gasteiger partial charge in [0.2, 0.25) is 0 Å². The maximum absolute atomic E-state index is 5.91. The minimum atomic E-state index is -0.104. The number of hydrogen-bond acceptors (Lipinski definition) is 2. The molecule has 318 valence electrons. The van der Waals surface area contributed by atoms with Crippen molar-refractivity contribution in [3.8, 4) is 16.8 Å². The molecule has 0 unspecified atom stereocenters. The van der Waals surface area contributed by atoms with Gasteiger partial charge in [-0.2, -0.15) is 0 Å². The Balaban J connectivity index is 1.13. The van der Waals surface area contributed by atoms with E-state index >= 15 is 0 Å². The van der Waals surface area contributed by atoms with Crippen LogP contribution < -0.4 is 0 Å². The summed E-state index contributed by atoms with van der Waals surface area (Å²) in [5.41, 5.74) is 16.7. The monoisotopic (exact) mass is 859 g/mol. The molecular formula is C62H45N5. The van der Waals surface area contributed by atoms with Crippen LogP contribution in [0.4, 0.5) is 0 Å². The van der Waals surface area contributed by atoms with Crippen molar-refractivity contribution in [1.29, 1.82) is 0 Å². The van der Waals surface area contributed by atoms with Gasteiger partial charge in [0.25, 0.3) is 0 Å². The van der Waals surface area contributed by atoms with E-state index in [-0.39, 0.29) is 10.8 Å². The molecule has 0 radical (unpaired) electrons. The van der Waals surface area contributed by atoms with Crippen molar-refractivity contribution in [3.05, 3.63) is 175 Å². The lowest BCUT2D eigenvalue weighted by atomic mass is 9.85. The van der Waals surface area contributed by atoms with Crippen LogP contribution in [0.3, 0.4) is 0 Å². The van der Waals surface area contributed by atoms with Gasteiger partial charge in [-0.25, -0.2) is 9.97 Å². The highest BCUT2D eigenvalue weighted by atomic mass is 15.1. The van der Waals surface area contributed by atoms with E-state index in [2.05, 4.69) is 219 Å². The van der Waals surface area contributed by atoms with E-state index in [4.69, 9.17) is 9.97 Å². The Labute approximate surface area is 385 Å². The molecule has 0 atom stereocenters. The van der Waals surface area contributed by atoms with Gasteiger partial charge in [0, 0.05) is 54.3 Å². The van der Waals surface area contributed by atoms with Crippen LogP contribution in [0.15, 0.2) is 164 Å². The number of aromatic nitrogens is 5. The molecule has 15 aromatic rings. The van der Waals surface area contributed by atoms with E-state index in [1.165, 1.54) is 109 Å². The summed E-state index contributed by atoms with van der Waals surface area (Å²) in [5, 5.41) is 14.6. The molecule has 0 N–H and O–H groups in total. The summed E-state index contributed by atoms with van der Waals surface area (Å²) >= 11 is 0. The van der Waals surface area contributed by atoms with Crippen LogP contribution in [0.2, 0.25) is 0 Å². The highest BCUT2D eigenvalue weighted by Crippen LogP contribution is 2.49. The van der Waals surface area contributed by atoms with E-state index in [0.717, 1.165) is 38.8 Å². The average Bonchev–Trinajstić information content (AvgIpc) is 4.11. The van der Waals surface area contributed by atoms with Crippen LogP contribution in [0.5, 0.6) is 0 Å². The molecule has 0 aliphatic rings. The van der Waals surface area contributed by atoms with Crippen molar-refractivity contribution in [2.24, 2.45) is 0 Å². The summed E-state index contributed by atoms with van der Waals surface area (Å²) in [4.78, 5) is 11.8. The van der Waals surface area contributed by atoms with Gasteiger partial charge in [-0.3, -0.25) is 8.80 Å². The van der Waals surface area contributed by atoms with Gasteiger partial charge in [0.1, 0.15) is 11.0 Å². The lowest BCUT2D eigenvalue weighted by molar-refractivity contribution is 0.591. The van der Waals surface area contributed by atoms with Gasteiger partial charge < -0.3 is 4.57 Å². The van der Waals surface area contributed by atoms with E-state index in [1.807, 2.05) is 0 Å². The zero-order valence-corrected chi connectivity index (χ0v) is 38.3. The van der Waals surface area contributed by atoms with E-state index in [9.17, 15) is 0 Å². The Morgan fingerprint density at radius 2 is 0.866 bits per heavy atom. The van der Waals surface area contributed by atoms with Crippen LogP contribution in [0, 0.1) is 0 Å². The first-order chi connectivity index (χ1) is 32.5. The smallest absolute Gasteiger partial charge is 0.165 e.